The number of methoxy groups -OCH3 is 1. The molecule has 1 heterocycles. The fourth-order valence-corrected chi connectivity index (χ4v) is 2.18. The van der Waals surface area contributed by atoms with Crippen molar-refractivity contribution >= 4 is 11.8 Å². The van der Waals surface area contributed by atoms with Crippen LogP contribution in [0.2, 0.25) is 0 Å². The van der Waals surface area contributed by atoms with E-state index in [4.69, 9.17) is 14.0 Å². The molecule has 0 radical (unpaired) electrons. The molecule has 0 amide bonds. The first-order chi connectivity index (χ1) is 11.0. The van der Waals surface area contributed by atoms with Gasteiger partial charge in [0.25, 0.3) is 0 Å². The Morgan fingerprint density at radius 1 is 1.26 bits per heavy atom. The van der Waals surface area contributed by atoms with Crippen LogP contribution in [0, 0.1) is 6.92 Å². The van der Waals surface area contributed by atoms with Gasteiger partial charge in [0.05, 0.1) is 12.8 Å². The van der Waals surface area contributed by atoms with Crippen molar-refractivity contribution in [2.45, 2.75) is 33.3 Å². The summed E-state index contributed by atoms with van der Waals surface area (Å²) in [5.74, 6) is 0.151. The normalized spacial score (nSPS) is 11.8. The summed E-state index contributed by atoms with van der Waals surface area (Å²) in [4.78, 5) is 24.6. The van der Waals surface area contributed by atoms with Crippen LogP contribution in [0.1, 0.15) is 46.0 Å². The van der Waals surface area contributed by atoms with Crippen molar-refractivity contribution in [3.8, 4) is 5.75 Å². The van der Waals surface area contributed by atoms with Crippen molar-refractivity contribution in [2.24, 2.45) is 0 Å². The van der Waals surface area contributed by atoms with Gasteiger partial charge in [-0.05, 0) is 44.5 Å². The number of nitrogens with zero attached hydrogens (tertiary/aromatic N) is 1. The summed E-state index contributed by atoms with van der Waals surface area (Å²) >= 11 is 0. The van der Waals surface area contributed by atoms with Crippen molar-refractivity contribution in [3.05, 3.63) is 46.8 Å². The molecule has 1 atom stereocenters. The molecule has 0 saturated carbocycles. The van der Waals surface area contributed by atoms with Crippen molar-refractivity contribution in [1.29, 1.82) is 0 Å². The Hall–Kier alpha value is -2.63. The van der Waals surface area contributed by atoms with Crippen LogP contribution in [-0.2, 0) is 11.2 Å². The molecule has 0 aliphatic carbocycles. The molecule has 0 N–H and O–H groups in total. The molecule has 0 saturated heterocycles. The van der Waals surface area contributed by atoms with Crippen LogP contribution in [0.5, 0.6) is 5.75 Å². The molecule has 0 spiro atoms. The highest BCUT2D eigenvalue weighted by molar-refractivity contribution is 6.01. The molecule has 6 nitrogen and oxygen atoms in total. The summed E-state index contributed by atoms with van der Waals surface area (Å²) < 4.78 is 15.3. The second-order valence-corrected chi connectivity index (χ2v) is 5.05. The minimum absolute atomic E-state index is 0.284. The summed E-state index contributed by atoms with van der Waals surface area (Å²) in [5.41, 5.74) is 1.27. The topological polar surface area (TPSA) is 78.6 Å². The third-order valence-corrected chi connectivity index (χ3v) is 3.50. The van der Waals surface area contributed by atoms with Gasteiger partial charge in [-0.25, -0.2) is 4.79 Å². The van der Waals surface area contributed by atoms with Gasteiger partial charge in [-0.3, -0.25) is 4.79 Å². The molecule has 0 bridgehead atoms. The molecule has 1 aromatic carbocycles. The minimum Gasteiger partial charge on any atom is -0.497 e. The first-order valence-electron chi connectivity index (χ1n) is 7.32. The van der Waals surface area contributed by atoms with Crippen molar-refractivity contribution < 1.29 is 23.6 Å². The zero-order chi connectivity index (χ0) is 17.0. The summed E-state index contributed by atoms with van der Waals surface area (Å²) in [6.45, 7) is 5.04. The summed E-state index contributed by atoms with van der Waals surface area (Å²) in [6.07, 6.45) is -0.363. The summed E-state index contributed by atoms with van der Waals surface area (Å²) in [5, 5.41) is 3.81. The number of carbonyl (C=O) groups is 2. The maximum Gasteiger partial charge on any atom is 0.344 e. The number of carbonyl (C=O) groups excluding carboxylic acids is 2. The fraction of sp³-hybridized carbons (Fsp3) is 0.353. The third kappa shape index (κ3) is 3.59. The second kappa shape index (κ2) is 7.09. The molecule has 1 aromatic heterocycles. The molecule has 122 valence electrons. The molecule has 2 aromatic rings. The predicted molar refractivity (Wildman–Crippen MR) is 82.8 cm³/mol. The van der Waals surface area contributed by atoms with Gasteiger partial charge in [0, 0.05) is 5.56 Å². The number of ketones is 1. The van der Waals surface area contributed by atoms with Crippen molar-refractivity contribution in [1.82, 2.24) is 5.16 Å². The van der Waals surface area contributed by atoms with E-state index in [1.165, 1.54) is 0 Å². The Kier molecular flexibility index (Phi) is 5.16. The third-order valence-electron chi connectivity index (χ3n) is 3.50. The van der Waals surface area contributed by atoms with Gasteiger partial charge in [0.15, 0.2) is 6.10 Å². The van der Waals surface area contributed by atoms with E-state index < -0.39 is 12.1 Å². The lowest BCUT2D eigenvalue weighted by atomic mass is 10.1. The molecule has 2 rings (SSSR count). The Bertz CT molecular complexity index is 702. The molecular formula is C17H19NO5. The largest absolute Gasteiger partial charge is 0.497 e. The predicted octanol–water partition coefficient (Wildman–Crippen LogP) is 2.98. The monoisotopic (exact) mass is 317 g/mol. The van der Waals surface area contributed by atoms with Crippen LogP contribution >= 0.6 is 0 Å². The van der Waals surface area contributed by atoms with Crippen molar-refractivity contribution in [2.75, 3.05) is 7.11 Å². The van der Waals surface area contributed by atoms with Gasteiger partial charge >= 0.3 is 5.97 Å². The van der Waals surface area contributed by atoms with E-state index >= 15 is 0 Å². The number of esters is 1. The Morgan fingerprint density at radius 2 is 1.91 bits per heavy atom. The van der Waals surface area contributed by atoms with E-state index in [0.29, 0.717) is 34.8 Å². The average molecular weight is 317 g/mol. The molecule has 0 aliphatic heterocycles. The zero-order valence-electron chi connectivity index (χ0n) is 13.6. The standard InChI is InChI=1S/C17H19NO5/c1-5-14-15(10(2)23-18-14)17(20)22-11(3)16(19)12-6-8-13(21-4)9-7-12/h6-9,11H,5H2,1-4H3/t11-/m1/s1. The average Bonchev–Trinajstić information content (AvgIpc) is 2.95. The van der Waals surface area contributed by atoms with Crippen LogP contribution in [0.25, 0.3) is 0 Å². The van der Waals surface area contributed by atoms with Gasteiger partial charge in [-0.1, -0.05) is 12.1 Å². The molecule has 23 heavy (non-hydrogen) atoms. The van der Waals surface area contributed by atoms with Crippen molar-refractivity contribution in [3.63, 3.8) is 0 Å². The van der Waals surface area contributed by atoms with Crippen LogP contribution < -0.4 is 4.74 Å². The second-order valence-electron chi connectivity index (χ2n) is 5.05. The highest BCUT2D eigenvalue weighted by Gasteiger charge is 2.25. The first-order valence-corrected chi connectivity index (χ1v) is 7.32. The summed E-state index contributed by atoms with van der Waals surface area (Å²) in [6, 6.07) is 6.63. The lowest BCUT2D eigenvalue weighted by Gasteiger charge is -2.12. The quantitative estimate of drug-likeness (QED) is 0.602. The molecule has 0 fully saturated rings. The number of aryl methyl sites for hydroxylation is 2. The smallest absolute Gasteiger partial charge is 0.344 e. The number of aromatic nitrogens is 1. The van der Waals surface area contributed by atoms with Crippen LogP contribution in [0.3, 0.4) is 0 Å². The molecule has 0 unspecified atom stereocenters. The Morgan fingerprint density at radius 3 is 2.48 bits per heavy atom. The fourth-order valence-electron chi connectivity index (χ4n) is 2.18. The van der Waals surface area contributed by atoms with E-state index in [2.05, 4.69) is 5.16 Å². The number of ether oxygens (including phenoxy) is 2. The maximum atomic E-state index is 12.3. The Balaban J connectivity index is 2.10. The Labute approximate surface area is 134 Å². The van der Waals surface area contributed by atoms with Crippen LogP contribution in [0.4, 0.5) is 0 Å². The van der Waals surface area contributed by atoms with Gasteiger partial charge in [-0.2, -0.15) is 0 Å². The number of hydrogen-bond acceptors (Lipinski definition) is 6. The maximum absolute atomic E-state index is 12.3. The highest BCUT2D eigenvalue weighted by Crippen LogP contribution is 2.18. The van der Waals surface area contributed by atoms with E-state index in [1.807, 2.05) is 6.92 Å². The SMILES string of the molecule is CCc1noc(C)c1C(=O)O[C@H](C)C(=O)c1ccc(OC)cc1. The lowest BCUT2D eigenvalue weighted by molar-refractivity contribution is 0.0316. The van der Waals surface area contributed by atoms with E-state index in [-0.39, 0.29) is 5.78 Å². The van der Waals surface area contributed by atoms with E-state index in [1.54, 1.807) is 45.2 Å². The zero-order valence-corrected chi connectivity index (χ0v) is 13.6. The number of rotatable bonds is 6. The molecular weight excluding hydrogens is 298 g/mol. The van der Waals surface area contributed by atoms with Gasteiger partial charge in [0.2, 0.25) is 5.78 Å². The van der Waals surface area contributed by atoms with Gasteiger partial charge < -0.3 is 14.0 Å². The summed E-state index contributed by atoms with van der Waals surface area (Å²) in [7, 11) is 1.55. The van der Waals surface area contributed by atoms with E-state index in [9.17, 15) is 9.59 Å². The molecule has 6 heteroatoms. The number of hydrogen-bond donors (Lipinski definition) is 0. The minimum atomic E-state index is -0.907. The van der Waals surface area contributed by atoms with Gasteiger partial charge in [0.1, 0.15) is 17.1 Å². The molecule has 0 aliphatic rings. The van der Waals surface area contributed by atoms with Gasteiger partial charge in [-0.15, -0.1) is 0 Å². The van der Waals surface area contributed by atoms with Crippen LogP contribution in [-0.4, -0.2) is 30.1 Å². The lowest BCUT2D eigenvalue weighted by Crippen LogP contribution is -2.25. The van der Waals surface area contributed by atoms with Crippen LogP contribution in [0.15, 0.2) is 28.8 Å². The highest BCUT2D eigenvalue weighted by atomic mass is 16.5. The first kappa shape index (κ1) is 16.7. The van der Waals surface area contributed by atoms with E-state index in [0.717, 1.165) is 0 Å². The number of benzene rings is 1. The number of Topliss-reactive ketones (excluding diaryl/α,β-unsaturated/α-hetero) is 1.